The fourth-order valence-corrected chi connectivity index (χ4v) is 7.81. The summed E-state index contributed by atoms with van der Waals surface area (Å²) in [4.78, 5) is 0. The minimum absolute atomic E-state index is 0.736. The molecular formula is C30H23O3P. The first-order valence-corrected chi connectivity index (χ1v) is 12.9. The van der Waals surface area contributed by atoms with Crippen LogP contribution in [0, 0.1) is 0 Å². The summed E-state index contributed by atoms with van der Waals surface area (Å²) in [5.41, 5.74) is 0. The van der Waals surface area contributed by atoms with Gasteiger partial charge in [-0.05, 0) is 86.9 Å². The molecule has 6 rings (SSSR count). The van der Waals surface area contributed by atoms with Crippen LogP contribution in [0.25, 0.3) is 32.3 Å². The van der Waals surface area contributed by atoms with Gasteiger partial charge in [-0.25, -0.2) is 0 Å². The van der Waals surface area contributed by atoms with E-state index < -0.39 is 7.14 Å². The number of benzene rings is 6. The van der Waals surface area contributed by atoms with E-state index >= 15 is 4.57 Å². The minimum Gasteiger partial charge on any atom is -0.497 e. The molecule has 0 heterocycles. The zero-order valence-corrected chi connectivity index (χ0v) is 19.9. The molecule has 0 atom stereocenters. The number of hydrogen-bond acceptors (Lipinski definition) is 3. The second kappa shape index (κ2) is 7.90. The first-order valence-electron chi connectivity index (χ1n) is 11.2. The third kappa shape index (κ3) is 3.01. The lowest BCUT2D eigenvalue weighted by molar-refractivity contribution is 0.415. The average molecular weight is 462 g/mol. The summed E-state index contributed by atoms with van der Waals surface area (Å²) >= 11 is 0. The summed E-state index contributed by atoms with van der Waals surface area (Å²) in [6.45, 7) is 0. The molecule has 0 fully saturated rings. The Morgan fingerprint density at radius 1 is 0.529 bits per heavy atom. The molecule has 34 heavy (non-hydrogen) atoms. The van der Waals surface area contributed by atoms with Crippen molar-refractivity contribution in [1.82, 2.24) is 0 Å². The molecule has 0 saturated carbocycles. The van der Waals surface area contributed by atoms with Gasteiger partial charge in [0, 0.05) is 15.9 Å². The summed E-state index contributed by atoms with van der Waals surface area (Å²) in [5.74, 6) is 1.47. The predicted molar refractivity (Wildman–Crippen MR) is 143 cm³/mol. The van der Waals surface area contributed by atoms with Crippen LogP contribution in [-0.4, -0.2) is 14.2 Å². The predicted octanol–water partition coefficient (Wildman–Crippen LogP) is 6.24. The van der Waals surface area contributed by atoms with Crippen LogP contribution in [0.2, 0.25) is 0 Å². The van der Waals surface area contributed by atoms with E-state index in [4.69, 9.17) is 9.47 Å². The molecular weight excluding hydrogens is 439 g/mol. The molecule has 0 aliphatic rings. The highest BCUT2D eigenvalue weighted by Gasteiger charge is 2.32. The molecule has 0 N–H and O–H groups in total. The van der Waals surface area contributed by atoms with Gasteiger partial charge in [-0.15, -0.1) is 0 Å². The molecule has 0 radical (unpaired) electrons. The Hall–Kier alpha value is -3.81. The lowest BCUT2D eigenvalue weighted by Crippen LogP contribution is -2.25. The fourth-order valence-electron chi connectivity index (χ4n) is 5.01. The maximum absolute atomic E-state index is 15.3. The van der Waals surface area contributed by atoms with Crippen molar-refractivity contribution in [3.63, 3.8) is 0 Å². The zero-order chi connectivity index (χ0) is 23.3. The highest BCUT2D eigenvalue weighted by molar-refractivity contribution is 7.85. The second-order valence-corrected chi connectivity index (χ2v) is 11.2. The van der Waals surface area contributed by atoms with Gasteiger partial charge in [0.25, 0.3) is 0 Å². The Morgan fingerprint density at radius 3 is 1.53 bits per heavy atom. The monoisotopic (exact) mass is 462 g/mol. The molecule has 0 unspecified atom stereocenters. The van der Waals surface area contributed by atoms with Gasteiger partial charge in [0.05, 0.1) is 14.2 Å². The summed E-state index contributed by atoms with van der Waals surface area (Å²) < 4.78 is 26.0. The van der Waals surface area contributed by atoms with Gasteiger partial charge in [0.15, 0.2) is 7.14 Å². The van der Waals surface area contributed by atoms with Crippen LogP contribution in [0.1, 0.15) is 0 Å². The van der Waals surface area contributed by atoms with Gasteiger partial charge in [-0.2, -0.15) is 0 Å². The molecule has 0 spiro atoms. The van der Waals surface area contributed by atoms with Crippen molar-refractivity contribution >= 4 is 55.4 Å². The third-order valence-electron chi connectivity index (χ3n) is 6.72. The van der Waals surface area contributed by atoms with Crippen LogP contribution in [0.4, 0.5) is 0 Å². The average Bonchev–Trinajstić information content (AvgIpc) is 2.91. The van der Waals surface area contributed by atoms with Crippen molar-refractivity contribution in [2.75, 3.05) is 14.2 Å². The summed E-state index contributed by atoms with van der Waals surface area (Å²) in [7, 11) is 0.0691. The van der Waals surface area contributed by atoms with E-state index in [2.05, 4.69) is 48.5 Å². The van der Waals surface area contributed by atoms with Crippen LogP contribution in [0.5, 0.6) is 11.5 Å². The largest absolute Gasteiger partial charge is 0.497 e. The highest BCUT2D eigenvalue weighted by atomic mass is 31.2. The highest BCUT2D eigenvalue weighted by Crippen LogP contribution is 2.46. The van der Waals surface area contributed by atoms with Crippen LogP contribution < -0.4 is 25.4 Å². The Balaban J connectivity index is 1.71. The fraction of sp³-hybridized carbons (Fsp3) is 0.0667. The van der Waals surface area contributed by atoms with Gasteiger partial charge >= 0.3 is 0 Å². The molecule has 0 bridgehead atoms. The molecule has 6 aromatic rings. The Kier molecular flexibility index (Phi) is 4.83. The molecule has 0 amide bonds. The molecule has 0 aliphatic heterocycles. The van der Waals surface area contributed by atoms with E-state index in [0.29, 0.717) is 0 Å². The van der Waals surface area contributed by atoms with Crippen molar-refractivity contribution in [2.24, 2.45) is 0 Å². The van der Waals surface area contributed by atoms with Gasteiger partial charge in [0.1, 0.15) is 11.5 Å². The first kappa shape index (κ1) is 20.8. The van der Waals surface area contributed by atoms with Gasteiger partial charge < -0.3 is 14.0 Å². The standard InChI is InChI=1S/C30H23O3P/c1-32-23-10-14-25(15-11-23)34(31,26-16-12-24(33-2)13-17-26)28-19-9-22-7-6-20-4-3-5-21-8-18-27(28)30(22)29(20)21/h3-19H,1-2H3. The molecule has 0 saturated heterocycles. The number of ether oxygens (including phenoxy) is 2. The molecule has 4 heteroatoms. The Labute approximate surface area is 198 Å². The van der Waals surface area contributed by atoms with Crippen molar-refractivity contribution in [3.8, 4) is 11.5 Å². The Bertz CT molecular complexity index is 1620. The van der Waals surface area contributed by atoms with E-state index in [1.54, 1.807) is 14.2 Å². The molecule has 0 aromatic heterocycles. The van der Waals surface area contributed by atoms with E-state index in [9.17, 15) is 0 Å². The molecule has 3 nitrogen and oxygen atoms in total. The molecule has 6 aromatic carbocycles. The van der Waals surface area contributed by atoms with E-state index in [0.717, 1.165) is 43.6 Å². The number of methoxy groups -OCH3 is 2. The zero-order valence-electron chi connectivity index (χ0n) is 19.0. The molecule has 166 valence electrons. The molecule has 0 aliphatic carbocycles. The van der Waals surface area contributed by atoms with Crippen LogP contribution in [-0.2, 0) is 4.57 Å². The minimum atomic E-state index is -3.21. The van der Waals surface area contributed by atoms with Gasteiger partial charge in [-0.1, -0.05) is 48.5 Å². The van der Waals surface area contributed by atoms with Crippen molar-refractivity contribution in [1.29, 1.82) is 0 Å². The lowest BCUT2D eigenvalue weighted by Gasteiger charge is -2.23. The maximum Gasteiger partial charge on any atom is 0.171 e. The smallest absolute Gasteiger partial charge is 0.171 e. The van der Waals surface area contributed by atoms with Crippen LogP contribution >= 0.6 is 7.14 Å². The summed E-state index contributed by atoms with van der Waals surface area (Å²) in [6.07, 6.45) is 0. The van der Waals surface area contributed by atoms with E-state index in [1.165, 1.54) is 16.2 Å². The van der Waals surface area contributed by atoms with Crippen molar-refractivity contribution in [3.05, 3.63) is 103 Å². The van der Waals surface area contributed by atoms with Crippen molar-refractivity contribution < 1.29 is 14.0 Å². The van der Waals surface area contributed by atoms with Crippen LogP contribution in [0.15, 0.2) is 103 Å². The maximum atomic E-state index is 15.3. The van der Waals surface area contributed by atoms with Crippen molar-refractivity contribution in [2.45, 2.75) is 0 Å². The Morgan fingerprint density at radius 2 is 1.00 bits per heavy atom. The first-order chi connectivity index (χ1) is 16.6. The van der Waals surface area contributed by atoms with E-state index in [-0.39, 0.29) is 0 Å². The summed E-state index contributed by atoms with van der Waals surface area (Å²) in [5, 5.41) is 9.32. The van der Waals surface area contributed by atoms with Gasteiger partial charge in [0.2, 0.25) is 0 Å². The normalized spacial score (nSPS) is 11.9. The van der Waals surface area contributed by atoms with Gasteiger partial charge in [-0.3, -0.25) is 0 Å². The topological polar surface area (TPSA) is 35.5 Å². The number of hydrogen-bond donors (Lipinski definition) is 0. The number of rotatable bonds is 5. The summed E-state index contributed by atoms with van der Waals surface area (Å²) in [6, 6.07) is 34.3. The second-order valence-electron chi connectivity index (χ2n) is 8.45. The lowest BCUT2D eigenvalue weighted by atomic mass is 9.94. The van der Waals surface area contributed by atoms with Crippen LogP contribution in [0.3, 0.4) is 0 Å². The third-order valence-corrected chi connectivity index (χ3v) is 9.84. The van der Waals surface area contributed by atoms with E-state index in [1.807, 2.05) is 54.6 Å². The quantitative estimate of drug-likeness (QED) is 0.225. The SMILES string of the molecule is COc1ccc(P(=O)(c2ccc(OC)cc2)c2ccc3ccc4cccc5ccc2c3c45)cc1.